The topological polar surface area (TPSA) is 29.9 Å². The Morgan fingerprint density at radius 1 is 1.25 bits per heavy atom. The Morgan fingerprint density at radius 2 is 2.00 bits per heavy atom. The summed E-state index contributed by atoms with van der Waals surface area (Å²) >= 11 is 0. The molecule has 1 unspecified atom stereocenters. The number of hydrogen-bond acceptors (Lipinski definition) is 2. The Morgan fingerprint density at radius 3 is 2.60 bits per heavy atom. The predicted octanol–water partition coefficient (Wildman–Crippen LogP) is 4.16. The van der Waals surface area contributed by atoms with E-state index in [1.165, 1.54) is 44.2 Å². The first-order valence-corrected chi connectivity index (χ1v) is 8.55. The van der Waals surface area contributed by atoms with E-state index in [1.807, 2.05) is 6.20 Å². The highest BCUT2D eigenvalue weighted by atomic mass is 15.3. The van der Waals surface area contributed by atoms with Crippen LogP contribution in [-0.4, -0.2) is 16.3 Å². The molecule has 0 aliphatic heterocycles. The van der Waals surface area contributed by atoms with Gasteiger partial charge in [-0.3, -0.25) is 4.68 Å². The molecule has 114 valence electrons. The molecule has 0 spiro atoms. The van der Waals surface area contributed by atoms with Crippen LogP contribution in [0.5, 0.6) is 0 Å². The van der Waals surface area contributed by atoms with Crippen molar-refractivity contribution in [3.8, 4) is 0 Å². The monoisotopic (exact) mass is 277 g/mol. The third kappa shape index (κ3) is 3.63. The molecule has 1 aromatic heterocycles. The van der Waals surface area contributed by atoms with Crippen molar-refractivity contribution in [1.29, 1.82) is 0 Å². The highest BCUT2D eigenvalue weighted by molar-refractivity contribution is 5.09. The van der Waals surface area contributed by atoms with Gasteiger partial charge in [0.05, 0.1) is 11.7 Å². The molecule has 1 aliphatic carbocycles. The van der Waals surface area contributed by atoms with Crippen molar-refractivity contribution in [2.75, 3.05) is 6.54 Å². The Bertz CT molecular complexity index is 377. The first-order chi connectivity index (χ1) is 9.80. The minimum Gasteiger partial charge on any atom is -0.308 e. The zero-order valence-electron chi connectivity index (χ0n) is 13.4. The van der Waals surface area contributed by atoms with Crippen molar-refractivity contribution in [2.45, 2.75) is 71.9 Å². The Kier molecular flexibility index (Phi) is 6.08. The first kappa shape index (κ1) is 15.6. The van der Waals surface area contributed by atoms with Crippen LogP contribution in [-0.2, 0) is 6.54 Å². The number of hydrogen-bond donors (Lipinski definition) is 1. The van der Waals surface area contributed by atoms with E-state index in [0.717, 1.165) is 24.9 Å². The number of aromatic nitrogens is 2. The summed E-state index contributed by atoms with van der Waals surface area (Å²) < 4.78 is 2.17. The lowest BCUT2D eigenvalue weighted by atomic mass is 9.77. The highest BCUT2D eigenvalue weighted by Gasteiger charge is 2.29. The van der Waals surface area contributed by atoms with Gasteiger partial charge >= 0.3 is 0 Å². The van der Waals surface area contributed by atoms with Crippen molar-refractivity contribution in [1.82, 2.24) is 15.1 Å². The van der Waals surface area contributed by atoms with Crippen LogP contribution >= 0.6 is 0 Å². The van der Waals surface area contributed by atoms with Crippen LogP contribution in [0.1, 0.15) is 71.0 Å². The molecule has 1 atom stereocenters. The van der Waals surface area contributed by atoms with Crippen LogP contribution < -0.4 is 5.32 Å². The molecule has 1 aliphatic rings. The quantitative estimate of drug-likeness (QED) is 0.811. The molecular weight excluding hydrogens is 246 g/mol. The van der Waals surface area contributed by atoms with Crippen LogP contribution in [0.4, 0.5) is 0 Å². The Labute approximate surface area is 124 Å². The molecule has 0 radical (unpaired) electrons. The zero-order valence-corrected chi connectivity index (χ0v) is 13.4. The Balaban J connectivity index is 2.07. The highest BCUT2D eigenvalue weighted by Crippen LogP contribution is 2.37. The van der Waals surface area contributed by atoms with Crippen LogP contribution in [0, 0.1) is 11.8 Å². The molecule has 1 saturated carbocycles. The lowest BCUT2D eigenvalue weighted by Crippen LogP contribution is -2.33. The third-order valence-corrected chi connectivity index (χ3v) is 4.92. The maximum Gasteiger partial charge on any atom is 0.0556 e. The van der Waals surface area contributed by atoms with Gasteiger partial charge in [0.2, 0.25) is 0 Å². The number of nitrogens with zero attached hydrogens (tertiary/aromatic N) is 2. The van der Waals surface area contributed by atoms with Crippen LogP contribution in [0.25, 0.3) is 0 Å². The van der Waals surface area contributed by atoms with Gasteiger partial charge in [-0.25, -0.2) is 0 Å². The van der Waals surface area contributed by atoms with Gasteiger partial charge in [0.25, 0.3) is 0 Å². The number of aryl methyl sites for hydroxylation is 1. The van der Waals surface area contributed by atoms with Crippen molar-refractivity contribution in [3.63, 3.8) is 0 Å². The molecule has 3 nitrogen and oxygen atoms in total. The standard InChI is InChI=1S/C17H31N3/c1-4-12-18-17(16-11-13-19-20(16)6-3)15-9-7-14(5-2)8-10-15/h11,13-15,17-18H,4-10,12H2,1-3H3. The summed E-state index contributed by atoms with van der Waals surface area (Å²) in [4.78, 5) is 0. The summed E-state index contributed by atoms with van der Waals surface area (Å²) in [6.07, 6.45) is 10.1. The number of rotatable bonds is 7. The zero-order chi connectivity index (χ0) is 14.4. The molecule has 1 heterocycles. The summed E-state index contributed by atoms with van der Waals surface area (Å²) in [6, 6.07) is 2.71. The van der Waals surface area contributed by atoms with Crippen molar-refractivity contribution in [2.24, 2.45) is 11.8 Å². The van der Waals surface area contributed by atoms with Gasteiger partial charge < -0.3 is 5.32 Å². The second-order valence-corrected chi connectivity index (χ2v) is 6.19. The van der Waals surface area contributed by atoms with Gasteiger partial charge in [-0.2, -0.15) is 5.10 Å². The minimum absolute atomic E-state index is 0.496. The van der Waals surface area contributed by atoms with Crippen molar-refractivity contribution in [3.05, 3.63) is 18.0 Å². The molecule has 1 aromatic rings. The fraction of sp³-hybridized carbons (Fsp3) is 0.824. The number of nitrogens with one attached hydrogen (secondary N) is 1. The molecule has 1 N–H and O–H groups in total. The molecule has 0 aromatic carbocycles. The molecule has 3 heteroatoms. The predicted molar refractivity (Wildman–Crippen MR) is 84.7 cm³/mol. The van der Waals surface area contributed by atoms with E-state index in [-0.39, 0.29) is 0 Å². The average molecular weight is 277 g/mol. The molecule has 1 fully saturated rings. The summed E-state index contributed by atoms with van der Waals surface area (Å²) in [5.41, 5.74) is 1.39. The maximum absolute atomic E-state index is 4.47. The SMILES string of the molecule is CCCNC(c1ccnn1CC)C1CCC(CC)CC1. The van der Waals surface area contributed by atoms with Crippen LogP contribution in [0.15, 0.2) is 12.3 Å². The molecule has 20 heavy (non-hydrogen) atoms. The maximum atomic E-state index is 4.47. The smallest absolute Gasteiger partial charge is 0.0556 e. The average Bonchev–Trinajstić information content (AvgIpc) is 2.96. The fourth-order valence-electron chi connectivity index (χ4n) is 3.61. The Hall–Kier alpha value is -0.830. The summed E-state index contributed by atoms with van der Waals surface area (Å²) in [5, 5.41) is 8.25. The van der Waals surface area contributed by atoms with Gasteiger partial charge in [0, 0.05) is 12.7 Å². The van der Waals surface area contributed by atoms with E-state index >= 15 is 0 Å². The van der Waals surface area contributed by atoms with Gasteiger partial charge in [0.1, 0.15) is 0 Å². The van der Waals surface area contributed by atoms with Gasteiger partial charge in [-0.1, -0.05) is 33.1 Å². The minimum atomic E-state index is 0.496. The largest absolute Gasteiger partial charge is 0.308 e. The summed E-state index contributed by atoms with van der Waals surface area (Å²) in [5.74, 6) is 1.75. The summed E-state index contributed by atoms with van der Waals surface area (Å²) in [6.45, 7) is 8.84. The van der Waals surface area contributed by atoms with E-state index in [2.05, 4.69) is 41.9 Å². The van der Waals surface area contributed by atoms with Crippen molar-refractivity contribution < 1.29 is 0 Å². The fourth-order valence-corrected chi connectivity index (χ4v) is 3.61. The van der Waals surface area contributed by atoms with E-state index in [4.69, 9.17) is 0 Å². The second kappa shape index (κ2) is 7.82. The van der Waals surface area contributed by atoms with Crippen molar-refractivity contribution >= 4 is 0 Å². The van der Waals surface area contributed by atoms with Crippen LogP contribution in [0.3, 0.4) is 0 Å². The van der Waals surface area contributed by atoms with E-state index in [1.54, 1.807) is 0 Å². The van der Waals surface area contributed by atoms with E-state index in [0.29, 0.717) is 6.04 Å². The summed E-state index contributed by atoms with van der Waals surface area (Å²) in [7, 11) is 0. The molecule has 0 saturated heterocycles. The second-order valence-electron chi connectivity index (χ2n) is 6.19. The van der Waals surface area contributed by atoms with Gasteiger partial charge in [-0.15, -0.1) is 0 Å². The lowest BCUT2D eigenvalue weighted by Gasteiger charge is -2.34. The van der Waals surface area contributed by atoms with Crippen LogP contribution in [0.2, 0.25) is 0 Å². The van der Waals surface area contributed by atoms with E-state index in [9.17, 15) is 0 Å². The molecule has 0 bridgehead atoms. The molecule has 0 amide bonds. The van der Waals surface area contributed by atoms with Gasteiger partial charge in [-0.05, 0) is 50.6 Å². The molecular formula is C17H31N3. The van der Waals surface area contributed by atoms with Gasteiger partial charge in [0.15, 0.2) is 0 Å². The van der Waals surface area contributed by atoms with E-state index < -0.39 is 0 Å². The third-order valence-electron chi connectivity index (χ3n) is 4.92. The molecule has 2 rings (SSSR count). The first-order valence-electron chi connectivity index (χ1n) is 8.55. The normalized spacial score (nSPS) is 24.8. The lowest BCUT2D eigenvalue weighted by molar-refractivity contribution is 0.212.